The lowest BCUT2D eigenvalue weighted by atomic mass is 10.1. The Labute approximate surface area is 151 Å². The molecule has 0 fully saturated rings. The molecule has 0 saturated carbocycles. The number of aromatic nitrogens is 3. The van der Waals surface area contributed by atoms with E-state index >= 15 is 0 Å². The minimum absolute atomic E-state index is 0.00139. The van der Waals surface area contributed by atoms with Gasteiger partial charge in [-0.2, -0.15) is 0 Å². The van der Waals surface area contributed by atoms with Gasteiger partial charge in [0.2, 0.25) is 11.8 Å². The van der Waals surface area contributed by atoms with Gasteiger partial charge in [-0.3, -0.25) is 9.59 Å². The second kappa shape index (κ2) is 8.66. The lowest BCUT2D eigenvalue weighted by Crippen LogP contribution is -2.37. The van der Waals surface area contributed by atoms with E-state index in [0.717, 1.165) is 17.0 Å². The highest BCUT2D eigenvalue weighted by Crippen LogP contribution is 2.24. The van der Waals surface area contributed by atoms with Gasteiger partial charge in [0.1, 0.15) is 0 Å². The smallest absolute Gasteiger partial charge is 0.241 e. The Hall–Kier alpha value is -2.35. The Bertz CT molecular complexity index is 757. The third kappa shape index (κ3) is 5.06. The molecule has 2 rings (SSSR count). The van der Waals surface area contributed by atoms with Gasteiger partial charge < -0.3 is 14.8 Å². The quantitative estimate of drug-likeness (QED) is 0.757. The van der Waals surface area contributed by atoms with Gasteiger partial charge in [-0.25, -0.2) is 0 Å². The van der Waals surface area contributed by atoms with Gasteiger partial charge >= 0.3 is 0 Å². The normalized spacial score (nSPS) is 10.6. The number of amides is 2. The van der Waals surface area contributed by atoms with Crippen LogP contribution in [0.2, 0.25) is 0 Å². The van der Waals surface area contributed by atoms with E-state index in [1.165, 1.54) is 16.7 Å². The van der Waals surface area contributed by atoms with Crippen molar-refractivity contribution in [2.45, 2.75) is 25.5 Å². The first-order valence-corrected chi connectivity index (χ1v) is 9.00. The van der Waals surface area contributed by atoms with Crippen molar-refractivity contribution < 1.29 is 9.59 Å². The number of hydrogen-bond acceptors (Lipinski definition) is 5. The highest BCUT2D eigenvalue weighted by atomic mass is 32.2. The zero-order chi connectivity index (χ0) is 18.4. The van der Waals surface area contributed by atoms with Gasteiger partial charge in [0.15, 0.2) is 11.0 Å². The second-order valence-corrected chi connectivity index (χ2v) is 6.72. The maximum absolute atomic E-state index is 11.9. The van der Waals surface area contributed by atoms with Gasteiger partial charge in [0.25, 0.3) is 0 Å². The number of carbonyl (C=O) groups excluding carboxylic acids is 2. The summed E-state index contributed by atoms with van der Waals surface area (Å²) in [4.78, 5) is 24.8. The van der Waals surface area contributed by atoms with Gasteiger partial charge in [0, 0.05) is 26.2 Å². The second-order valence-electron chi connectivity index (χ2n) is 5.77. The number of nitrogens with zero attached hydrogens (tertiary/aromatic N) is 4. The average molecular weight is 361 g/mol. The minimum Gasteiger partial charge on any atom is -0.347 e. The van der Waals surface area contributed by atoms with E-state index in [2.05, 4.69) is 21.6 Å². The first kappa shape index (κ1) is 19.0. The molecule has 0 aliphatic carbocycles. The molecule has 1 heterocycles. The fourth-order valence-electron chi connectivity index (χ4n) is 2.19. The predicted octanol–water partition coefficient (Wildman–Crippen LogP) is 1.57. The molecule has 1 aromatic carbocycles. The molecule has 1 aromatic heterocycles. The fraction of sp³-hybridized carbons (Fsp3) is 0.412. The van der Waals surface area contributed by atoms with Crippen LogP contribution in [0.4, 0.5) is 0 Å². The average Bonchev–Trinajstić information content (AvgIpc) is 3.00. The molecule has 0 saturated heterocycles. The van der Waals surface area contributed by atoms with Gasteiger partial charge in [-0.05, 0) is 19.9 Å². The zero-order valence-electron chi connectivity index (χ0n) is 14.9. The zero-order valence-corrected chi connectivity index (χ0v) is 15.8. The predicted molar refractivity (Wildman–Crippen MR) is 98.3 cm³/mol. The van der Waals surface area contributed by atoms with Crippen LogP contribution in [0.3, 0.4) is 0 Å². The molecule has 1 N–H and O–H groups in total. The number of rotatable bonds is 7. The van der Waals surface area contributed by atoms with Crippen LogP contribution in [0.5, 0.6) is 0 Å². The first-order valence-electron chi connectivity index (χ1n) is 8.02. The summed E-state index contributed by atoms with van der Waals surface area (Å²) in [5.74, 6) is 0.629. The fourth-order valence-corrected chi connectivity index (χ4v) is 3.02. The third-order valence-electron chi connectivity index (χ3n) is 3.58. The highest BCUT2D eigenvalue weighted by Gasteiger charge is 2.15. The Kier molecular flexibility index (Phi) is 6.58. The van der Waals surface area contributed by atoms with Crippen molar-refractivity contribution in [2.75, 3.05) is 26.4 Å². The van der Waals surface area contributed by atoms with E-state index in [9.17, 15) is 9.59 Å². The van der Waals surface area contributed by atoms with E-state index in [4.69, 9.17) is 0 Å². The number of nitrogens with one attached hydrogen (secondary N) is 1. The lowest BCUT2D eigenvalue weighted by Gasteiger charge is -2.11. The molecule has 0 aliphatic heterocycles. The monoisotopic (exact) mass is 361 g/mol. The van der Waals surface area contributed by atoms with Crippen LogP contribution in [-0.2, 0) is 16.1 Å². The van der Waals surface area contributed by atoms with Crippen LogP contribution in [0.25, 0.3) is 11.4 Å². The van der Waals surface area contributed by atoms with Crippen molar-refractivity contribution in [2.24, 2.45) is 0 Å². The standard InChI is InChI=1S/C17H23N5O2S/c1-5-22-16(13-8-6-7-12(2)9-13)19-20-17(22)25-11-14(23)18-10-15(24)21(3)4/h6-9H,5,10-11H2,1-4H3,(H,18,23). The molecule has 2 amide bonds. The molecule has 7 nitrogen and oxygen atoms in total. The van der Waals surface area contributed by atoms with Crippen LogP contribution in [0.15, 0.2) is 29.4 Å². The number of benzene rings is 1. The van der Waals surface area contributed by atoms with Crippen LogP contribution < -0.4 is 5.32 Å². The summed E-state index contributed by atoms with van der Waals surface area (Å²) in [7, 11) is 3.31. The number of hydrogen-bond donors (Lipinski definition) is 1. The van der Waals surface area contributed by atoms with Gasteiger partial charge in [0.05, 0.1) is 12.3 Å². The number of thioether (sulfide) groups is 1. The summed E-state index contributed by atoms with van der Waals surface area (Å²) < 4.78 is 1.98. The Morgan fingerprint density at radius 1 is 1.28 bits per heavy atom. The van der Waals surface area contributed by atoms with Crippen LogP contribution >= 0.6 is 11.8 Å². The van der Waals surface area contributed by atoms with Crippen LogP contribution in [-0.4, -0.2) is 57.9 Å². The SMILES string of the molecule is CCn1c(SCC(=O)NCC(=O)N(C)C)nnc1-c1cccc(C)c1. The van der Waals surface area contributed by atoms with E-state index < -0.39 is 0 Å². The molecular formula is C17H23N5O2S. The Balaban J connectivity index is 2.01. The van der Waals surface area contributed by atoms with E-state index in [0.29, 0.717) is 11.7 Å². The summed E-state index contributed by atoms with van der Waals surface area (Å²) >= 11 is 1.31. The maximum Gasteiger partial charge on any atom is 0.241 e. The molecule has 0 atom stereocenters. The summed E-state index contributed by atoms with van der Waals surface area (Å²) in [6.07, 6.45) is 0. The van der Waals surface area contributed by atoms with Crippen LogP contribution in [0.1, 0.15) is 12.5 Å². The summed E-state index contributed by atoms with van der Waals surface area (Å²) in [6, 6.07) is 8.08. The van der Waals surface area contributed by atoms with E-state index in [-0.39, 0.29) is 24.1 Å². The van der Waals surface area contributed by atoms with E-state index in [1.807, 2.05) is 36.6 Å². The van der Waals surface area contributed by atoms with Crippen molar-refractivity contribution in [1.82, 2.24) is 25.0 Å². The molecule has 8 heteroatoms. The van der Waals surface area contributed by atoms with Gasteiger partial charge in [-0.1, -0.05) is 35.5 Å². The molecule has 0 spiro atoms. The van der Waals surface area contributed by atoms with Crippen molar-refractivity contribution >= 4 is 23.6 Å². The van der Waals surface area contributed by atoms with Crippen molar-refractivity contribution in [3.63, 3.8) is 0 Å². The Morgan fingerprint density at radius 2 is 2.04 bits per heavy atom. The van der Waals surface area contributed by atoms with Crippen LogP contribution in [0, 0.1) is 6.92 Å². The highest BCUT2D eigenvalue weighted by molar-refractivity contribution is 7.99. The van der Waals surface area contributed by atoms with Crippen molar-refractivity contribution in [3.8, 4) is 11.4 Å². The van der Waals surface area contributed by atoms with Crippen molar-refractivity contribution in [3.05, 3.63) is 29.8 Å². The first-order chi connectivity index (χ1) is 11.9. The van der Waals surface area contributed by atoms with Gasteiger partial charge in [-0.15, -0.1) is 10.2 Å². The molecule has 0 bridgehead atoms. The third-order valence-corrected chi connectivity index (χ3v) is 4.54. The molecule has 0 radical (unpaired) electrons. The summed E-state index contributed by atoms with van der Waals surface area (Å²) in [5.41, 5.74) is 2.16. The topological polar surface area (TPSA) is 80.1 Å². The summed E-state index contributed by atoms with van der Waals surface area (Å²) in [6.45, 7) is 4.76. The number of carbonyl (C=O) groups is 2. The molecule has 0 unspecified atom stereocenters. The number of aryl methyl sites for hydroxylation is 1. The minimum atomic E-state index is -0.206. The molecule has 134 valence electrons. The molecular weight excluding hydrogens is 338 g/mol. The molecule has 0 aliphatic rings. The number of likely N-dealkylation sites (N-methyl/N-ethyl adjacent to an activating group) is 1. The van der Waals surface area contributed by atoms with E-state index in [1.54, 1.807) is 14.1 Å². The largest absolute Gasteiger partial charge is 0.347 e. The molecule has 25 heavy (non-hydrogen) atoms. The Morgan fingerprint density at radius 3 is 2.68 bits per heavy atom. The lowest BCUT2D eigenvalue weighted by molar-refractivity contribution is -0.130. The maximum atomic E-state index is 11.9. The molecule has 2 aromatic rings. The van der Waals surface area contributed by atoms with Crippen molar-refractivity contribution in [1.29, 1.82) is 0 Å². The summed E-state index contributed by atoms with van der Waals surface area (Å²) in [5, 5.41) is 11.8.